The van der Waals surface area contributed by atoms with Crippen molar-refractivity contribution in [3.05, 3.63) is 57.6 Å². The lowest BCUT2D eigenvalue weighted by atomic mass is 10.2. The number of nitrogens with one attached hydrogen (secondary N) is 2. The fraction of sp³-hybridized carbons (Fsp3) is 0.188. The van der Waals surface area contributed by atoms with E-state index in [9.17, 15) is 10.1 Å². The van der Waals surface area contributed by atoms with Crippen LogP contribution in [0.2, 0.25) is 0 Å². The minimum Gasteiger partial charge on any atom is -0.454 e. The highest BCUT2D eigenvalue weighted by molar-refractivity contribution is 7.80. The Kier molecular flexibility index (Phi) is 4.48. The molecule has 0 fully saturated rings. The second-order valence-electron chi connectivity index (χ2n) is 5.25. The van der Waals surface area contributed by atoms with Crippen molar-refractivity contribution in [1.82, 2.24) is 5.32 Å². The summed E-state index contributed by atoms with van der Waals surface area (Å²) in [4.78, 5) is 10.4. The maximum absolute atomic E-state index is 10.9. The van der Waals surface area contributed by atoms with Crippen LogP contribution in [-0.2, 0) is 6.54 Å². The van der Waals surface area contributed by atoms with Crippen LogP contribution in [0.1, 0.15) is 11.1 Å². The first-order chi connectivity index (χ1) is 11.5. The van der Waals surface area contributed by atoms with Crippen molar-refractivity contribution in [2.75, 3.05) is 12.1 Å². The van der Waals surface area contributed by atoms with Crippen LogP contribution in [0.5, 0.6) is 11.5 Å². The third-order valence-corrected chi connectivity index (χ3v) is 3.82. The summed E-state index contributed by atoms with van der Waals surface area (Å²) < 4.78 is 10.6. The van der Waals surface area contributed by atoms with Crippen molar-refractivity contribution in [2.45, 2.75) is 13.5 Å². The number of thiocarbonyl (C=S) groups is 1. The van der Waals surface area contributed by atoms with E-state index in [1.807, 2.05) is 25.1 Å². The Morgan fingerprint density at radius 2 is 2.04 bits per heavy atom. The van der Waals surface area contributed by atoms with E-state index in [0.29, 0.717) is 23.1 Å². The van der Waals surface area contributed by atoms with Gasteiger partial charge in [0.15, 0.2) is 16.6 Å². The average Bonchev–Trinajstić information content (AvgIpc) is 3.02. The molecular weight excluding hydrogens is 330 g/mol. The fourth-order valence-electron chi connectivity index (χ4n) is 2.26. The van der Waals surface area contributed by atoms with Crippen molar-refractivity contribution in [3.8, 4) is 11.5 Å². The van der Waals surface area contributed by atoms with Gasteiger partial charge in [-0.25, -0.2) is 0 Å². The highest BCUT2D eigenvalue weighted by atomic mass is 32.1. The minimum absolute atomic E-state index is 0.0154. The van der Waals surface area contributed by atoms with Crippen molar-refractivity contribution in [3.63, 3.8) is 0 Å². The van der Waals surface area contributed by atoms with Gasteiger partial charge in [-0.05, 0) is 42.4 Å². The van der Waals surface area contributed by atoms with E-state index in [0.717, 1.165) is 16.9 Å². The normalized spacial score (nSPS) is 11.9. The molecule has 24 heavy (non-hydrogen) atoms. The van der Waals surface area contributed by atoms with Gasteiger partial charge in [0.1, 0.15) is 0 Å². The zero-order valence-corrected chi connectivity index (χ0v) is 13.7. The second kappa shape index (κ2) is 6.71. The van der Waals surface area contributed by atoms with E-state index in [-0.39, 0.29) is 12.5 Å². The molecule has 2 N–H and O–H groups in total. The number of hydrogen-bond acceptors (Lipinski definition) is 5. The number of rotatable bonds is 4. The molecular formula is C16H15N3O4S. The molecule has 124 valence electrons. The van der Waals surface area contributed by atoms with E-state index in [4.69, 9.17) is 21.7 Å². The number of fused-ring (bicyclic) bond motifs is 1. The summed E-state index contributed by atoms with van der Waals surface area (Å²) in [7, 11) is 0. The molecule has 3 rings (SSSR count). The van der Waals surface area contributed by atoms with E-state index in [1.165, 1.54) is 12.1 Å². The van der Waals surface area contributed by atoms with Crippen molar-refractivity contribution < 1.29 is 14.4 Å². The third kappa shape index (κ3) is 3.54. The molecule has 1 heterocycles. The topological polar surface area (TPSA) is 85.7 Å². The Labute approximate surface area is 143 Å². The molecule has 0 atom stereocenters. The molecule has 0 aliphatic carbocycles. The minimum atomic E-state index is -0.437. The van der Waals surface area contributed by atoms with Gasteiger partial charge < -0.3 is 20.1 Å². The SMILES string of the molecule is Cc1ccc([N+](=O)[O-])cc1NC(=S)NCc1ccc2c(c1)OCO2. The van der Waals surface area contributed by atoms with E-state index >= 15 is 0 Å². The lowest BCUT2D eigenvalue weighted by molar-refractivity contribution is -0.384. The standard InChI is InChI=1S/C16H15N3O4S/c1-10-2-4-12(19(20)21)7-13(10)18-16(24)17-8-11-3-5-14-15(6-11)23-9-22-14/h2-7H,8-9H2,1H3,(H2,17,18,24). The quantitative estimate of drug-likeness (QED) is 0.500. The molecule has 0 aromatic heterocycles. The summed E-state index contributed by atoms with van der Waals surface area (Å²) in [6.45, 7) is 2.58. The van der Waals surface area contributed by atoms with Crippen LogP contribution in [0.15, 0.2) is 36.4 Å². The molecule has 0 saturated carbocycles. The molecule has 0 saturated heterocycles. The van der Waals surface area contributed by atoms with Gasteiger partial charge in [0.05, 0.1) is 4.92 Å². The number of nitro groups is 1. The number of ether oxygens (including phenoxy) is 2. The third-order valence-electron chi connectivity index (χ3n) is 3.57. The smallest absolute Gasteiger partial charge is 0.271 e. The number of aryl methyl sites for hydroxylation is 1. The molecule has 0 unspecified atom stereocenters. The van der Waals surface area contributed by atoms with Crippen molar-refractivity contribution in [2.24, 2.45) is 0 Å². The first-order valence-electron chi connectivity index (χ1n) is 7.21. The van der Waals surface area contributed by atoms with Crippen molar-refractivity contribution >= 4 is 28.7 Å². The largest absolute Gasteiger partial charge is 0.454 e. The Bertz CT molecular complexity index is 810. The van der Waals surface area contributed by atoms with Gasteiger partial charge in [-0.2, -0.15) is 0 Å². The van der Waals surface area contributed by atoms with Gasteiger partial charge in [-0.1, -0.05) is 12.1 Å². The van der Waals surface area contributed by atoms with E-state index in [1.54, 1.807) is 6.07 Å². The molecule has 0 spiro atoms. The number of non-ortho nitro benzene ring substituents is 1. The summed E-state index contributed by atoms with van der Waals surface area (Å²) >= 11 is 5.26. The summed E-state index contributed by atoms with van der Waals surface area (Å²) in [6.07, 6.45) is 0. The average molecular weight is 345 g/mol. The predicted octanol–water partition coefficient (Wildman–Crippen LogP) is 3.12. The Hall–Kier alpha value is -2.87. The Morgan fingerprint density at radius 1 is 1.25 bits per heavy atom. The van der Waals surface area contributed by atoms with Gasteiger partial charge in [-0.3, -0.25) is 10.1 Å². The molecule has 2 aromatic rings. The zero-order valence-electron chi connectivity index (χ0n) is 12.9. The second-order valence-corrected chi connectivity index (χ2v) is 5.66. The first-order valence-corrected chi connectivity index (χ1v) is 7.62. The number of anilines is 1. The van der Waals surface area contributed by atoms with E-state index in [2.05, 4.69) is 10.6 Å². The van der Waals surface area contributed by atoms with Gasteiger partial charge in [-0.15, -0.1) is 0 Å². The van der Waals surface area contributed by atoms with E-state index < -0.39 is 4.92 Å². The number of benzene rings is 2. The lowest BCUT2D eigenvalue weighted by Crippen LogP contribution is -2.28. The number of nitrogens with zero attached hydrogens (tertiary/aromatic N) is 1. The van der Waals surface area contributed by atoms with Crippen molar-refractivity contribution in [1.29, 1.82) is 0 Å². The van der Waals surface area contributed by atoms with Gasteiger partial charge in [0.25, 0.3) is 5.69 Å². The predicted molar refractivity (Wildman–Crippen MR) is 93.5 cm³/mol. The highest BCUT2D eigenvalue weighted by Crippen LogP contribution is 2.32. The zero-order chi connectivity index (χ0) is 17.1. The number of hydrogen-bond donors (Lipinski definition) is 2. The molecule has 8 heteroatoms. The van der Waals surface area contributed by atoms with Crippen LogP contribution < -0.4 is 20.1 Å². The molecule has 0 radical (unpaired) electrons. The van der Waals surface area contributed by atoms with Crippen LogP contribution in [0, 0.1) is 17.0 Å². The first kappa shape index (κ1) is 16.0. The Balaban J connectivity index is 1.62. The van der Waals surface area contributed by atoms with Crippen LogP contribution in [0.25, 0.3) is 0 Å². The highest BCUT2D eigenvalue weighted by Gasteiger charge is 2.13. The van der Waals surface area contributed by atoms with Crippen LogP contribution in [0.3, 0.4) is 0 Å². The molecule has 0 bridgehead atoms. The molecule has 2 aromatic carbocycles. The summed E-state index contributed by atoms with van der Waals surface area (Å²) in [6, 6.07) is 10.3. The van der Waals surface area contributed by atoms with Crippen LogP contribution >= 0.6 is 12.2 Å². The molecule has 0 amide bonds. The van der Waals surface area contributed by atoms with Crippen LogP contribution in [-0.4, -0.2) is 16.8 Å². The summed E-state index contributed by atoms with van der Waals surface area (Å²) in [5, 5.41) is 17.3. The van der Waals surface area contributed by atoms with Gasteiger partial charge in [0, 0.05) is 24.4 Å². The monoisotopic (exact) mass is 345 g/mol. The number of nitro benzene ring substituents is 1. The van der Waals surface area contributed by atoms with Gasteiger partial charge >= 0.3 is 0 Å². The van der Waals surface area contributed by atoms with Crippen LogP contribution in [0.4, 0.5) is 11.4 Å². The lowest BCUT2D eigenvalue weighted by Gasteiger charge is -2.12. The Morgan fingerprint density at radius 3 is 2.83 bits per heavy atom. The summed E-state index contributed by atoms with van der Waals surface area (Å²) in [5.74, 6) is 1.44. The fourth-order valence-corrected chi connectivity index (χ4v) is 2.44. The summed E-state index contributed by atoms with van der Waals surface area (Å²) in [5.41, 5.74) is 2.47. The van der Waals surface area contributed by atoms with Gasteiger partial charge in [0.2, 0.25) is 6.79 Å². The molecule has 1 aliphatic heterocycles. The molecule has 7 nitrogen and oxygen atoms in total. The maximum Gasteiger partial charge on any atom is 0.271 e. The maximum atomic E-state index is 10.9. The molecule has 1 aliphatic rings.